The summed E-state index contributed by atoms with van der Waals surface area (Å²) in [4.78, 5) is 0. The van der Waals surface area contributed by atoms with E-state index < -0.39 is 0 Å². The molecule has 0 spiro atoms. The Morgan fingerprint density at radius 3 is 2.65 bits per heavy atom. The quantitative estimate of drug-likeness (QED) is 0.895. The van der Waals surface area contributed by atoms with E-state index in [9.17, 15) is 5.11 Å². The maximum Gasteiger partial charge on any atom is 0.0735 e. The molecule has 1 fully saturated rings. The van der Waals surface area contributed by atoms with Gasteiger partial charge in [0.15, 0.2) is 0 Å². The van der Waals surface area contributed by atoms with Gasteiger partial charge in [-0.25, -0.2) is 0 Å². The first kappa shape index (κ1) is 12.9. The molecule has 0 heterocycles. The van der Waals surface area contributed by atoms with Gasteiger partial charge in [0, 0.05) is 5.02 Å². The molecule has 2 rings (SSSR count). The molecule has 0 radical (unpaired) electrons. The Morgan fingerprint density at radius 1 is 1.29 bits per heavy atom. The highest BCUT2D eigenvalue weighted by atomic mass is 35.5. The molecular formula is C14H19ClO2. The van der Waals surface area contributed by atoms with Crippen LogP contribution in [0.4, 0.5) is 0 Å². The van der Waals surface area contributed by atoms with E-state index in [4.69, 9.17) is 16.3 Å². The molecule has 0 aliphatic heterocycles. The van der Waals surface area contributed by atoms with Crippen molar-refractivity contribution in [3.63, 3.8) is 0 Å². The average molecular weight is 255 g/mol. The van der Waals surface area contributed by atoms with Crippen molar-refractivity contribution in [2.45, 2.75) is 51.4 Å². The molecule has 0 atom stereocenters. The van der Waals surface area contributed by atoms with E-state index in [0.29, 0.717) is 6.61 Å². The van der Waals surface area contributed by atoms with Crippen molar-refractivity contribution in [3.8, 4) is 0 Å². The van der Waals surface area contributed by atoms with Crippen LogP contribution in [0.5, 0.6) is 0 Å². The maximum absolute atomic E-state index is 9.41. The largest absolute Gasteiger partial charge is 0.393 e. The molecule has 0 bridgehead atoms. The van der Waals surface area contributed by atoms with Crippen molar-refractivity contribution in [3.05, 3.63) is 34.3 Å². The fraction of sp³-hybridized carbons (Fsp3) is 0.571. The summed E-state index contributed by atoms with van der Waals surface area (Å²) in [6.45, 7) is 2.60. The van der Waals surface area contributed by atoms with Crippen LogP contribution in [-0.2, 0) is 11.3 Å². The molecule has 1 aromatic rings. The normalized spacial score (nSPS) is 24.9. The van der Waals surface area contributed by atoms with Gasteiger partial charge < -0.3 is 9.84 Å². The summed E-state index contributed by atoms with van der Waals surface area (Å²) in [5.74, 6) is 0. The van der Waals surface area contributed by atoms with Gasteiger partial charge in [0.25, 0.3) is 0 Å². The highest BCUT2D eigenvalue weighted by molar-refractivity contribution is 6.31. The zero-order valence-corrected chi connectivity index (χ0v) is 10.9. The first-order chi connectivity index (χ1) is 8.15. The van der Waals surface area contributed by atoms with E-state index in [-0.39, 0.29) is 12.2 Å². The summed E-state index contributed by atoms with van der Waals surface area (Å²) in [6.07, 6.45) is 3.75. The van der Waals surface area contributed by atoms with Crippen molar-refractivity contribution in [1.29, 1.82) is 0 Å². The fourth-order valence-corrected chi connectivity index (χ4v) is 2.48. The monoisotopic (exact) mass is 254 g/mol. The van der Waals surface area contributed by atoms with Gasteiger partial charge in [-0.15, -0.1) is 0 Å². The van der Waals surface area contributed by atoms with Crippen LogP contribution in [0.15, 0.2) is 18.2 Å². The lowest BCUT2D eigenvalue weighted by atomic mass is 9.95. The van der Waals surface area contributed by atoms with Crippen molar-refractivity contribution in [2.24, 2.45) is 0 Å². The van der Waals surface area contributed by atoms with Gasteiger partial charge >= 0.3 is 0 Å². The van der Waals surface area contributed by atoms with E-state index >= 15 is 0 Å². The molecule has 0 aromatic heterocycles. The SMILES string of the molecule is Cc1ccc(COC2CCC(O)CC2)c(Cl)c1. The zero-order valence-electron chi connectivity index (χ0n) is 10.2. The van der Waals surface area contributed by atoms with Gasteiger partial charge in [-0.05, 0) is 49.8 Å². The second-order valence-corrected chi connectivity index (χ2v) is 5.24. The first-order valence-corrected chi connectivity index (χ1v) is 6.57. The van der Waals surface area contributed by atoms with Crippen LogP contribution in [0.25, 0.3) is 0 Å². The minimum absolute atomic E-state index is 0.127. The summed E-state index contributed by atoms with van der Waals surface area (Å²) < 4.78 is 5.84. The Bertz CT molecular complexity index is 370. The molecule has 1 saturated carbocycles. The molecule has 94 valence electrons. The van der Waals surface area contributed by atoms with Crippen LogP contribution < -0.4 is 0 Å². The van der Waals surface area contributed by atoms with Gasteiger partial charge in [0.1, 0.15) is 0 Å². The molecule has 1 N–H and O–H groups in total. The Kier molecular flexibility index (Phi) is 4.43. The number of aryl methyl sites for hydroxylation is 1. The van der Waals surface area contributed by atoms with Crippen LogP contribution in [0.1, 0.15) is 36.8 Å². The van der Waals surface area contributed by atoms with Gasteiger partial charge in [0.05, 0.1) is 18.8 Å². The molecule has 0 saturated heterocycles. The number of benzene rings is 1. The van der Waals surface area contributed by atoms with Crippen LogP contribution in [-0.4, -0.2) is 17.3 Å². The van der Waals surface area contributed by atoms with E-state index in [1.54, 1.807) is 0 Å². The number of hydrogen-bond acceptors (Lipinski definition) is 2. The van der Waals surface area contributed by atoms with Crippen molar-refractivity contribution < 1.29 is 9.84 Å². The summed E-state index contributed by atoms with van der Waals surface area (Å²) in [6, 6.07) is 6.04. The highest BCUT2D eigenvalue weighted by Gasteiger charge is 2.19. The third-order valence-corrected chi connectivity index (χ3v) is 3.68. The second-order valence-electron chi connectivity index (χ2n) is 4.84. The first-order valence-electron chi connectivity index (χ1n) is 6.20. The minimum Gasteiger partial charge on any atom is -0.393 e. The average Bonchev–Trinajstić information content (AvgIpc) is 2.30. The molecule has 1 aliphatic rings. The van der Waals surface area contributed by atoms with Gasteiger partial charge in [-0.3, -0.25) is 0 Å². The van der Waals surface area contributed by atoms with E-state index in [2.05, 4.69) is 6.07 Å². The topological polar surface area (TPSA) is 29.5 Å². The number of rotatable bonds is 3. The molecule has 0 unspecified atom stereocenters. The fourth-order valence-electron chi connectivity index (χ4n) is 2.19. The third kappa shape index (κ3) is 3.70. The molecule has 0 amide bonds. The Hall–Kier alpha value is -0.570. The predicted molar refractivity (Wildman–Crippen MR) is 69.2 cm³/mol. The van der Waals surface area contributed by atoms with Gasteiger partial charge in [0.2, 0.25) is 0 Å². The lowest BCUT2D eigenvalue weighted by Crippen LogP contribution is -2.24. The van der Waals surface area contributed by atoms with Gasteiger partial charge in [-0.1, -0.05) is 23.7 Å². The number of ether oxygens (including phenoxy) is 1. The van der Waals surface area contributed by atoms with Crippen molar-refractivity contribution >= 4 is 11.6 Å². The molecule has 3 heteroatoms. The maximum atomic E-state index is 9.41. The zero-order chi connectivity index (χ0) is 12.3. The number of aliphatic hydroxyl groups is 1. The third-order valence-electron chi connectivity index (χ3n) is 3.33. The van der Waals surface area contributed by atoms with E-state index in [0.717, 1.165) is 36.3 Å². The Balaban J connectivity index is 1.85. The van der Waals surface area contributed by atoms with Crippen LogP contribution in [0, 0.1) is 6.92 Å². The lowest BCUT2D eigenvalue weighted by Gasteiger charge is -2.25. The summed E-state index contributed by atoms with van der Waals surface area (Å²) in [7, 11) is 0. The predicted octanol–water partition coefficient (Wildman–Crippen LogP) is 3.47. The molecule has 1 aromatic carbocycles. The van der Waals surface area contributed by atoms with Crippen LogP contribution in [0.3, 0.4) is 0 Å². The summed E-state index contributed by atoms with van der Waals surface area (Å²) in [5.41, 5.74) is 2.21. The van der Waals surface area contributed by atoms with Crippen LogP contribution in [0.2, 0.25) is 5.02 Å². The molecule has 2 nitrogen and oxygen atoms in total. The lowest BCUT2D eigenvalue weighted by molar-refractivity contribution is -0.0118. The minimum atomic E-state index is -0.127. The Labute approximate surface area is 108 Å². The number of hydrogen-bond donors (Lipinski definition) is 1. The van der Waals surface area contributed by atoms with Crippen molar-refractivity contribution in [1.82, 2.24) is 0 Å². The number of halogens is 1. The smallest absolute Gasteiger partial charge is 0.0735 e. The summed E-state index contributed by atoms with van der Waals surface area (Å²) in [5, 5.41) is 10.2. The van der Waals surface area contributed by atoms with Gasteiger partial charge in [-0.2, -0.15) is 0 Å². The molecule has 1 aliphatic carbocycles. The summed E-state index contributed by atoms with van der Waals surface area (Å²) >= 11 is 6.15. The standard InChI is InChI=1S/C14H19ClO2/c1-10-2-3-11(14(15)8-10)9-17-13-6-4-12(16)5-7-13/h2-3,8,12-13,16H,4-7,9H2,1H3. The van der Waals surface area contributed by atoms with E-state index in [1.165, 1.54) is 5.56 Å². The molecular weight excluding hydrogens is 236 g/mol. The Morgan fingerprint density at radius 2 is 2.00 bits per heavy atom. The van der Waals surface area contributed by atoms with E-state index in [1.807, 2.05) is 19.1 Å². The second kappa shape index (κ2) is 5.85. The molecule has 17 heavy (non-hydrogen) atoms. The van der Waals surface area contributed by atoms with Crippen LogP contribution >= 0.6 is 11.6 Å². The van der Waals surface area contributed by atoms with Crippen molar-refractivity contribution in [2.75, 3.05) is 0 Å². The number of aliphatic hydroxyl groups excluding tert-OH is 1. The highest BCUT2D eigenvalue weighted by Crippen LogP contribution is 2.24.